The molecule has 1 saturated heterocycles. The van der Waals surface area contributed by atoms with Crippen LogP contribution < -0.4 is 5.32 Å². The fourth-order valence-electron chi connectivity index (χ4n) is 2.51. The summed E-state index contributed by atoms with van der Waals surface area (Å²) in [5.74, 6) is 0. The first-order chi connectivity index (χ1) is 8.31. The third-order valence-corrected chi connectivity index (χ3v) is 3.64. The Bertz CT molecular complexity index is 325. The van der Waals surface area contributed by atoms with Crippen molar-refractivity contribution in [3.63, 3.8) is 0 Å². The van der Waals surface area contributed by atoms with Gasteiger partial charge in [-0.25, -0.2) is 0 Å². The van der Waals surface area contributed by atoms with E-state index in [-0.39, 0.29) is 0 Å². The van der Waals surface area contributed by atoms with Crippen molar-refractivity contribution in [2.24, 2.45) is 0 Å². The van der Waals surface area contributed by atoms with Crippen LogP contribution in [0.3, 0.4) is 0 Å². The highest BCUT2D eigenvalue weighted by Crippen LogP contribution is 2.23. The molecular formula is C14H23N3. The topological polar surface area (TPSA) is 28.2 Å². The molecule has 0 amide bonds. The maximum absolute atomic E-state index is 4.08. The lowest BCUT2D eigenvalue weighted by atomic mass is 10.1. The Kier molecular flexibility index (Phi) is 4.51. The van der Waals surface area contributed by atoms with Crippen molar-refractivity contribution in [2.45, 2.75) is 38.8 Å². The number of nitrogens with zero attached hydrogens (tertiary/aromatic N) is 2. The third kappa shape index (κ3) is 3.27. The van der Waals surface area contributed by atoms with Crippen molar-refractivity contribution in [3.05, 3.63) is 30.1 Å². The molecule has 94 valence electrons. The summed E-state index contributed by atoms with van der Waals surface area (Å²) in [6.45, 7) is 8.02. The number of rotatable bonds is 5. The SMILES string of the molecule is CCCNC1CCN(C(C)c2ccncc2)C1. The van der Waals surface area contributed by atoms with E-state index in [1.165, 1.54) is 31.5 Å². The Morgan fingerprint density at radius 1 is 1.47 bits per heavy atom. The molecule has 0 spiro atoms. The quantitative estimate of drug-likeness (QED) is 0.845. The summed E-state index contributed by atoms with van der Waals surface area (Å²) in [6, 6.07) is 5.43. The highest BCUT2D eigenvalue weighted by Gasteiger charge is 2.25. The van der Waals surface area contributed by atoms with Crippen LogP contribution in [-0.4, -0.2) is 35.6 Å². The molecule has 17 heavy (non-hydrogen) atoms. The van der Waals surface area contributed by atoms with Crippen LogP contribution in [0.4, 0.5) is 0 Å². The maximum atomic E-state index is 4.08. The molecule has 1 aromatic heterocycles. The summed E-state index contributed by atoms with van der Waals surface area (Å²) in [7, 11) is 0. The van der Waals surface area contributed by atoms with Gasteiger partial charge in [0, 0.05) is 37.6 Å². The van der Waals surface area contributed by atoms with Crippen molar-refractivity contribution < 1.29 is 0 Å². The number of aromatic nitrogens is 1. The molecule has 2 unspecified atom stereocenters. The molecule has 3 heteroatoms. The van der Waals surface area contributed by atoms with Gasteiger partial charge in [0.2, 0.25) is 0 Å². The first kappa shape index (κ1) is 12.5. The van der Waals surface area contributed by atoms with Crippen LogP contribution in [-0.2, 0) is 0 Å². The molecule has 0 saturated carbocycles. The predicted molar refractivity (Wildman–Crippen MR) is 70.9 cm³/mol. The molecule has 2 rings (SSSR count). The van der Waals surface area contributed by atoms with E-state index in [4.69, 9.17) is 0 Å². The van der Waals surface area contributed by atoms with Gasteiger partial charge in [-0.05, 0) is 44.0 Å². The molecule has 3 nitrogen and oxygen atoms in total. The maximum Gasteiger partial charge on any atom is 0.0321 e. The van der Waals surface area contributed by atoms with Gasteiger partial charge in [-0.2, -0.15) is 0 Å². The van der Waals surface area contributed by atoms with Gasteiger partial charge in [0.15, 0.2) is 0 Å². The van der Waals surface area contributed by atoms with Crippen LogP contribution in [0.1, 0.15) is 38.3 Å². The molecule has 0 aromatic carbocycles. The number of pyridine rings is 1. The van der Waals surface area contributed by atoms with Gasteiger partial charge in [0.25, 0.3) is 0 Å². The summed E-state index contributed by atoms with van der Waals surface area (Å²) in [4.78, 5) is 6.64. The number of likely N-dealkylation sites (tertiary alicyclic amines) is 1. The molecule has 0 aliphatic carbocycles. The Labute approximate surface area is 104 Å². The number of nitrogens with one attached hydrogen (secondary N) is 1. The van der Waals surface area contributed by atoms with Gasteiger partial charge >= 0.3 is 0 Å². The van der Waals surface area contributed by atoms with Crippen molar-refractivity contribution >= 4 is 0 Å². The summed E-state index contributed by atoms with van der Waals surface area (Å²) in [5, 5.41) is 3.61. The third-order valence-electron chi connectivity index (χ3n) is 3.64. The number of hydrogen-bond donors (Lipinski definition) is 1. The molecular weight excluding hydrogens is 210 g/mol. The Morgan fingerprint density at radius 3 is 2.94 bits per heavy atom. The Morgan fingerprint density at radius 2 is 2.24 bits per heavy atom. The van der Waals surface area contributed by atoms with E-state index >= 15 is 0 Å². The molecule has 0 bridgehead atoms. The summed E-state index contributed by atoms with van der Waals surface area (Å²) in [6.07, 6.45) is 6.26. The molecule has 1 aliphatic rings. The molecule has 1 N–H and O–H groups in total. The van der Waals surface area contributed by atoms with Gasteiger partial charge in [0.1, 0.15) is 0 Å². The van der Waals surface area contributed by atoms with Crippen LogP contribution in [0.2, 0.25) is 0 Å². The largest absolute Gasteiger partial charge is 0.313 e. The Hall–Kier alpha value is -0.930. The zero-order valence-electron chi connectivity index (χ0n) is 10.9. The lowest BCUT2D eigenvalue weighted by Gasteiger charge is -2.24. The molecule has 2 atom stereocenters. The summed E-state index contributed by atoms with van der Waals surface area (Å²) >= 11 is 0. The zero-order chi connectivity index (χ0) is 12.1. The zero-order valence-corrected chi connectivity index (χ0v) is 10.9. The smallest absolute Gasteiger partial charge is 0.0321 e. The van der Waals surface area contributed by atoms with Crippen molar-refractivity contribution in [1.29, 1.82) is 0 Å². The van der Waals surface area contributed by atoms with Crippen LogP contribution >= 0.6 is 0 Å². The second-order valence-corrected chi connectivity index (χ2v) is 4.89. The van der Waals surface area contributed by atoms with Crippen LogP contribution in [0.25, 0.3) is 0 Å². The monoisotopic (exact) mass is 233 g/mol. The summed E-state index contributed by atoms with van der Waals surface area (Å²) < 4.78 is 0. The van der Waals surface area contributed by atoms with E-state index in [9.17, 15) is 0 Å². The van der Waals surface area contributed by atoms with E-state index in [1.807, 2.05) is 12.4 Å². The first-order valence-electron chi connectivity index (χ1n) is 6.68. The van der Waals surface area contributed by atoms with Crippen LogP contribution in [0.5, 0.6) is 0 Å². The molecule has 1 fully saturated rings. The molecule has 1 aromatic rings. The first-order valence-corrected chi connectivity index (χ1v) is 6.68. The fraction of sp³-hybridized carbons (Fsp3) is 0.643. The normalized spacial score (nSPS) is 22.8. The minimum absolute atomic E-state index is 0.506. The average Bonchev–Trinajstić information content (AvgIpc) is 2.85. The van der Waals surface area contributed by atoms with E-state index in [1.54, 1.807) is 0 Å². The fourth-order valence-corrected chi connectivity index (χ4v) is 2.51. The highest BCUT2D eigenvalue weighted by molar-refractivity contribution is 5.14. The van der Waals surface area contributed by atoms with E-state index < -0.39 is 0 Å². The second kappa shape index (κ2) is 6.12. The highest BCUT2D eigenvalue weighted by atomic mass is 15.2. The minimum Gasteiger partial charge on any atom is -0.313 e. The van der Waals surface area contributed by atoms with E-state index in [0.717, 1.165) is 6.54 Å². The molecule has 2 heterocycles. The summed E-state index contributed by atoms with van der Waals surface area (Å²) in [5.41, 5.74) is 1.37. The Balaban J connectivity index is 1.88. The van der Waals surface area contributed by atoms with E-state index in [2.05, 4.69) is 41.2 Å². The van der Waals surface area contributed by atoms with Gasteiger partial charge in [-0.15, -0.1) is 0 Å². The predicted octanol–water partition coefficient (Wildman–Crippen LogP) is 2.22. The lowest BCUT2D eigenvalue weighted by molar-refractivity contribution is 0.255. The molecule has 0 radical (unpaired) electrons. The van der Waals surface area contributed by atoms with Crippen molar-refractivity contribution in [3.8, 4) is 0 Å². The van der Waals surface area contributed by atoms with Gasteiger partial charge in [-0.1, -0.05) is 6.92 Å². The molecule has 1 aliphatic heterocycles. The number of hydrogen-bond acceptors (Lipinski definition) is 3. The standard InChI is InChI=1S/C14H23N3/c1-3-7-16-14-6-10-17(11-14)12(2)13-4-8-15-9-5-13/h4-5,8-9,12,14,16H,3,6-7,10-11H2,1-2H3. The minimum atomic E-state index is 0.506. The van der Waals surface area contributed by atoms with Crippen molar-refractivity contribution in [1.82, 2.24) is 15.2 Å². The van der Waals surface area contributed by atoms with Crippen molar-refractivity contribution in [2.75, 3.05) is 19.6 Å². The van der Waals surface area contributed by atoms with Gasteiger partial charge in [0.05, 0.1) is 0 Å². The lowest BCUT2D eigenvalue weighted by Crippen LogP contribution is -2.33. The van der Waals surface area contributed by atoms with Gasteiger partial charge < -0.3 is 5.32 Å². The van der Waals surface area contributed by atoms with Crippen LogP contribution in [0.15, 0.2) is 24.5 Å². The van der Waals surface area contributed by atoms with E-state index in [0.29, 0.717) is 12.1 Å². The second-order valence-electron chi connectivity index (χ2n) is 4.89. The average molecular weight is 233 g/mol. The van der Waals surface area contributed by atoms with Gasteiger partial charge in [-0.3, -0.25) is 9.88 Å². The van der Waals surface area contributed by atoms with Crippen LogP contribution in [0, 0.1) is 0 Å².